The fraction of sp³-hybridized carbons (Fsp3) is 0.263. The highest BCUT2D eigenvalue weighted by atomic mass is 79.9. The molecule has 0 saturated heterocycles. The lowest BCUT2D eigenvalue weighted by Crippen LogP contribution is -2.27. The van der Waals surface area contributed by atoms with Crippen molar-refractivity contribution < 1.29 is 18.7 Å². The van der Waals surface area contributed by atoms with Gasteiger partial charge in [0.25, 0.3) is 5.91 Å². The van der Waals surface area contributed by atoms with Crippen molar-refractivity contribution in [1.82, 2.24) is 0 Å². The smallest absolute Gasteiger partial charge is 0.262 e. The summed E-state index contributed by atoms with van der Waals surface area (Å²) in [5.74, 6) is -1.13. The van der Waals surface area contributed by atoms with Gasteiger partial charge in [0.2, 0.25) is 5.91 Å². The van der Waals surface area contributed by atoms with Crippen LogP contribution in [0.3, 0.4) is 0 Å². The number of carbonyl (C=O) groups is 2. The molecule has 26 heavy (non-hydrogen) atoms. The molecule has 2 aromatic carbocycles. The number of carbonyl (C=O) groups excluding carboxylic acids is 2. The van der Waals surface area contributed by atoms with Gasteiger partial charge in [0.05, 0.1) is 0 Å². The zero-order valence-corrected chi connectivity index (χ0v) is 16.3. The largest absolute Gasteiger partial charge is 0.481 e. The number of hydrogen-bond acceptors (Lipinski definition) is 3. The third kappa shape index (κ3) is 5.84. The van der Waals surface area contributed by atoms with Crippen LogP contribution in [0.25, 0.3) is 0 Å². The van der Waals surface area contributed by atoms with Crippen LogP contribution in [0.2, 0.25) is 0 Å². The monoisotopic (exact) mass is 422 g/mol. The molecule has 0 aliphatic carbocycles. The van der Waals surface area contributed by atoms with Crippen molar-refractivity contribution in [2.24, 2.45) is 5.41 Å². The molecule has 138 valence electrons. The third-order valence-electron chi connectivity index (χ3n) is 3.34. The van der Waals surface area contributed by atoms with Crippen LogP contribution in [0, 0.1) is 11.2 Å². The zero-order valence-electron chi connectivity index (χ0n) is 14.7. The number of hydrogen-bond donors (Lipinski definition) is 2. The van der Waals surface area contributed by atoms with E-state index in [1.54, 1.807) is 30.3 Å². The van der Waals surface area contributed by atoms with Crippen LogP contribution in [-0.2, 0) is 9.59 Å². The number of anilines is 2. The first kappa shape index (κ1) is 19.9. The van der Waals surface area contributed by atoms with Gasteiger partial charge in [-0.3, -0.25) is 9.59 Å². The Morgan fingerprint density at radius 3 is 2.35 bits per heavy atom. The number of amides is 2. The Labute approximate surface area is 160 Å². The number of halogens is 2. The van der Waals surface area contributed by atoms with Crippen molar-refractivity contribution in [2.45, 2.75) is 20.8 Å². The second-order valence-corrected chi connectivity index (χ2v) is 7.61. The summed E-state index contributed by atoms with van der Waals surface area (Å²) < 4.78 is 19.4. The molecule has 2 amide bonds. The van der Waals surface area contributed by atoms with E-state index >= 15 is 0 Å². The van der Waals surface area contributed by atoms with Crippen LogP contribution in [0.15, 0.2) is 46.9 Å². The van der Waals surface area contributed by atoms with Crippen LogP contribution in [0.1, 0.15) is 20.8 Å². The Bertz CT molecular complexity index is 819. The van der Waals surface area contributed by atoms with Crippen LogP contribution in [-0.4, -0.2) is 18.4 Å². The number of rotatable bonds is 5. The Morgan fingerprint density at radius 1 is 1.08 bits per heavy atom. The van der Waals surface area contributed by atoms with Gasteiger partial charge in [-0.1, -0.05) is 42.8 Å². The molecule has 0 unspecified atom stereocenters. The molecule has 0 aliphatic rings. The maximum absolute atomic E-state index is 13.7. The molecule has 7 heteroatoms. The molecule has 0 heterocycles. The Hall–Kier alpha value is -2.41. The van der Waals surface area contributed by atoms with Crippen molar-refractivity contribution in [3.8, 4) is 5.75 Å². The highest BCUT2D eigenvalue weighted by Gasteiger charge is 2.21. The molecule has 2 aromatic rings. The molecule has 0 aliphatic heterocycles. The normalized spacial score (nSPS) is 11.0. The van der Waals surface area contributed by atoms with Gasteiger partial charge in [-0.2, -0.15) is 0 Å². The van der Waals surface area contributed by atoms with Crippen LogP contribution in [0.4, 0.5) is 15.8 Å². The van der Waals surface area contributed by atoms with Crippen molar-refractivity contribution in [3.63, 3.8) is 0 Å². The Balaban J connectivity index is 1.94. The number of ether oxygens (including phenoxy) is 1. The second-order valence-electron chi connectivity index (χ2n) is 6.70. The van der Waals surface area contributed by atoms with E-state index in [2.05, 4.69) is 26.6 Å². The standard InChI is InChI=1S/C19H20BrFN2O3/c1-19(2,3)18(25)23-14-6-4-5-13(10-14)22-17(24)11-26-16-8-7-12(20)9-15(16)21/h4-10H,11H2,1-3H3,(H,22,24)(H,23,25). The van der Waals surface area contributed by atoms with Crippen molar-refractivity contribution in [3.05, 3.63) is 52.8 Å². The topological polar surface area (TPSA) is 67.4 Å². The SMILES string of the molecule is CC(C)(C)C(=O)Nc1cccc(NC(=O)COc2ccc(Br)cc2F)c1. The van der Waals surface area contributed by atoms with E-state index in [0.717, 1.165) is 0 Å². The van der Waals surface area contributed by atoms with Gasteiger partial charge in [-0.05, 0) is 36.4 Å². The van der Waals surface area contributed by atoms with Crippen molar-refractivity contribution in [1.29, 1.82) is 0 Å². The second kappa shape index (κ2) is 8.31. The molecule has 5 nitrogen and oxygen atoms in total. The lowest BCUT2D eigenvalue weighted by Gasteiger charge is -2.18. The highest BCUT2D eigenvalue weighted by molar-refractivity contribution is 9.10. The molecule has 0 aromatic heterocycles. The predicted octanol–water partition coefficient (Wildman–Crippen LogP) is 4.59. The summed E-state index contributed by atoms with van der Waals surface area (Å²) in [4.78, 5) is 24.0. The van der Waals surface area contributed by atoms with Crippen LogP contribution in [0.5, 0.6) is 5.75 Å². The molecule has 0 radical (unpaired) electrons. The first-order valence-electron chi connectivity index (χ1n) is 7.94. The lowest BCUT2D eigenvalue weighted by molar-refractivity contribution is -0.123. The lowest BCUT2D eigenvalue weighted by atomic mass is 9.95. The van der Waals surface area contributed by atoms with E-state index in [9.17, 15) is 14.0 Å². The fourth-order valence-electron chi connectivity index (χ4n) is 1.93. The first-order chi connectivity index (χ1) is 12.1. The van der Waals surface area contributed by atoms with Gasteiger partial charge in [0, 0.05) is 21.3 Å². The van der Waals surface area contributed by atoms with Gasteiger partial charge in [-0.15, -0.1) is 0 Å². The van der Waals surface area contributed by atoms with Gasteiger partial charge >= 0.3 is 0 Å². The van der Waals surface area contributed by atoms with E-state index in [1.807, 2.05) is 20.8 Å². The minimum Gasteiger partial charge on any atom is -0.481 e. The van der Waals surface area contributed by atoms with Gasteiger partial charge in [0.1, 0.15) is 0 Å². The van der Waals surface area contributed by atoms with Crippen LogP contribution < -0.4 is 15.4 Å². The van der Waals surface area contributed by atoms with E-state index in [-0.39, 0.29) is 18.3 Å². The van der Waals surface area contributed by atoms with E-state index < -0.39 is 17.1 Å². The average molecular weight is 423 g/mol. The minimum atomic E-state index is -0.556. The summed E-state index contributed by atoms with van der Waals surface area (Å²) in [6.07, 6.45) is 0. The average Bonchev–Trinajstić information content (AvgIpc) is 2.53. The predicted molar refractivity (Wildman–Crippen MR) is 103 cm³/mol. The maximum atomic E-state index is 13.7. The van der Waals surface area contributed by atoms with E-state index in [0.29, 0.717) is 15.8 Å². The van der Waals surface area contributed by atoms with Gasteiger partial charge in [0.15, 0.2) is 18.2 Å². The number of nitrogens with one attached hydrogen (secondary N) is 2. The molecule has 2 rings (SSSR count). The molecule has 0 atom stereocenters. The maximum Gasteiger partial charge on any atom is 0.262 e. The molecular formula is C19H20BrFN2O3. The summed E-state index contributed by atoms with van der Waals surface area (Å²) in [5, 5.41) is 5.44. The van der Waals surface area contributed by atoms with Crippen molar-refractivity contribution >= 4 is 39.1 Å². The quantitative estimate of drug-likeness (QED) is 0.740. The Kier molecular flexibility index (Phi) is 6.37. The zero-order chi connectivity index (χ0) is 19.3. The molecule has 0 spiro atoms. The molecule has 0 bridgehead atoms. The fourth-order valence-corrected chi connectivity index (χ4v) is 2.26. The molecule has 2 N–H and O–H groups in total. The highest BCUT2D eigenvalue weighted by Crippen LogP contribution is 2.22. The Morgan fingerprint density at radius 2 is 1.73 bits per heavy atom. The van der Waals surface area contributed by atoms with Gasteiger partial charge in [-0.25, -0.2) is 4.39 Å². The summed E-state index contributed by atoms with van der Waals surface area (Å²) in [5.41, 5.74) is 0.547. The summed E-state index contributed by atoms with van der Waals surface area (Å²) in [6, 6.07) is 11.1. The van der Waals surface area contributed by atoms with E-state index in [1.165, 1.54) is 12.1 Å². The summed E-state index contributed by atoms with van der Waals surface area (Å²) >= 11 is 3.15. The van der Waals surface area contributed by atoms with Crippen LogP contribution >= 0.6 is 15.9 Å². The molecular weight excluding hydrogens is 403 g/mol. The summed E-state index contributed by atoms with van der Waals surface area (Å²) in [7, 11) is 0. The molecule has 0 saturated carbocycles. The minimum absolute atomic E-state index is 0.00505. The van der Waals surface area contributed by atoms with E-state index in [4.69, 9.17) is 4.74 Å². The molecule has 0 fully saturated rings. The number of benzene rings is 2. The van der Waals surface area contributed by atoms with Gasteiger partial charge < -0.3 is 15.4 Å². The third-order valence-corrected chi connectivity index (χ3v) is 3.83. The van der Waals surface area contributed by atoms with Crippen molar-refractivity contribution in [2.75, 3.05) is 17.2 Å². The first-order valence-corrected chi connectivity index (χ1v) is 8.73. The summed E-state index contributed by atoms with van der Waals surface area (Å²) in [6.45, 7) is 5.10.